The smallest absolute Gasteiger partial charge is 0.187 e. The van der Waals surface area contributed by atoms with Gasteiger partial charge in [0.1, 0.15) is 5.54 Å². The molecule has 0 aliphatic carbocycles. The first kappa shape index (κ1) is 13.9. The SMILES string of the molecule is CCNC(C)(C#N)CCCSc1ncccn1. The highest BCUT2D eigenvalue weighted by molar-refractivity contribution is 7.99. The van der Waals surface area contributed by atoms with Crippen molar-refractivity contribution in [2.45, 2.75) is 37.4 Å². The Kier molecular flexibility index (Phi) is 5.95. The number of nitriles is 1. The van der Waals surface area contributed by atoms with Crippen LogP contribution in [0.25, 0.3) is 0 Å². The Labute approximate surface area is 107 Å². The van der Waals surface area contributed by atoms with E-state index in [1.54, 1.807) is 24.2 Å². The van der Waals surface area contributed by atoms with Gasteiger partial charge in [-0.05, 0) is 32.4 Å². The van der Waals surface area contributed by atoms with Gasteiger partial charge in [-0.2, -0.15) is 5.26 Å². The van der Waals surface area contributed by atoms with Gasteiger partial charge in [-0.3, -0.25) is 5.32 Å². The quantitative estimate of drug-likeness (QED) is 0.457. The zero-order chi connectivity index (χ0) is 12.6. The lowest BCUT2D eigenvalue weighted by Gasteiger charge is -2.21. The summed E-state index contributed by atoms with van der Waals surface area (Å²) in [7, 11) is 0. The van der Waals surface area contributed by atoms with Crippen LogP contribution in [0, 0.1) is 11.3 Å². The lowest BCUT2D eigenvalue weighted by Crippen LogP contribution is -2.40. The van der Waals surface area contributed by atoms with Crippen LogP contribution >= 0.6 is 11.8 Å². The molecule has 5 heteroatoms. The van der Waals surface area contributed by atoms with E-state index in [9.17, 15) is 0 Å². The number of nitrogens with zero attached hydrogens (tertiary/aromatic N) is 3. The fraction of sp³-hybridized carbons (Fsp3) is 0.583. The first-order valence-electron chi connectivity index (χ1n) is 5.76. The number of rotatable bonds is 7. The normalized spacial score (nSPS) is 13.9. The van der Waals surface area contributed by atoms with E-state index >= 15 is 0 Å². The first-order chi connectivity index (χ1) is 8.20. The maximum absolute atomic E-state index is 9.09. The lowest BCUT2D eigenvalue weighted by molar-refractivity contribution is 0.426. The maximum atomic E-state index is 9.09. The molecule has 0 aromatic carbocycles. The molecule has 0 spiro atoms. The van der Waals surface area contributed by atoms with Crippen LogP contribution in [0.2, 0.25) is 0 Å². The number of hydrogen-bond donors (Lipinski definition) is 1. The second-order valence-electron chi connectivity index (χ2n) is 3.96. The lowest BCUT2D eigenvalue weighted by atomic mass is 9.98. The molecule has 0 aliphatic heterocycles. The van der Waals surface area contributed by atoms with E-state index in [1.165, 1.54) is 0 Å². The Morgan fingerprint density at radius 1 is 1.47 bits per heavy atom. The van der Waals surface area contributed by atoms with Crippen molar-refractivity contribution < 1.29 is 0 Å². The fourth-order valence-corrected chi connectivity index (χ4v) is 2.27. The van der Waals surface area contributed by atoms with Crippen LogP contribution in [0.15, 0.2) is 23.6 Å². The molecule has 1 rings (SSSR count). The van der Waals surface area contributed by atoms with Crippen LogP contribution < -0.4 is 5.32 Å². The van der Waals surface area contributed by atoms with Crippen LogP contribution in [-0.4, -0.2) is 27.8 Å². The van der Waals surface area contributed by atoms with E-state index in [1.807, 2.05) is 19.9 Å². The van der Waals surface area contributed by atoms with Crippen molar-refractivity contribution in [2.24, 2.45) is 0 Å². The second-order valence-corrected chi connectivity index (χ2v) is 5.02. The van der Waals surface area contributed by atoms with E-state index in [0.717, 1.165) is 30.3 Å². The molecule has 1 aromatic heterocycles. The number of thioether (sulfide) groups is 1. The van der Waals surface area contributed by atoms with Gasteiger partial charge in [-0.1, -0.05) is 18.7 Å². The molecule has 1 atom stereocenters. The Morgan fingerprint density at radius 2 is 2.18 bits per heavy atom. The summed E-state index contributed by atoms with van der Waals surface area (Å²) in [6, 6.07) is 4.13. The Bertz CT molecular complexity index is 363. The molecule has 4 nitrogen and oxygen atoms in total. The third kappa shape index (κ3) is 5.16. The molecule has 1 heterocycles. The van der Waals surface area contributed by atoms with Crippen molar-refractivity contribution >= 4 is 11.8 Å². The Morgan fingerprint density at radius 3 is 2.76 bits per heavy atom. The van der Waals surface area contributed by atoms with Crippen molar-refractivity contribution in [3.8, 4) is 6.07 Å². The van der Waals surface area contributed by atoms with Crippen molar-refractivity contribution in [3.05, 3.63) is 18.5 Å². The average molecular weight is 250 g/mol. The van der Waals surface area contributed by atoms with Gasteiger partial charge in [-0.25, -0.2) is 9.97 Å². The average Bonchev–Trinajstić information content (AvgIpc) is 2.36. The number of aromatic nitrogens is 2. The summed E-state index contributed by atoms with van der Waals surface area (Å²) in [5.74, 6) is 0.937. The van der Waals surface area contributed by atoms with Gasteiger partial charge in [-0.15, -0.1) is 0 Å². The molecular formula is C12H18N4S. The predicted octanol–water partition coefficient (Wildman–Crippen LogP) is 2.24. The van der Waals surface area contributed by atoms with Crippen LogP contribution in [0.3, 0.4) is 0 Å². The van der Waals surface area contributed by atoms with Crippen molar-refractivity contribution in [2.75, 3.05) is 12.3 Å². The molecule has 1 aromatic rings. The monoisotopic (exact) mass is 250 g/mol. The van der Waals surface area contributed by atoms with Gasteiger partial charge >= 0.3 is 0 Å². The van der Waals surface area contributed by atoms with Crippen LogP contribution in [0.4, 0.5) is 0 Å². The zero-order valence-electron chi connectivity index (χ0n) is 10.3. The van der Waals surface area contributed by atoms with Gasteiger partial charge in [0.25, 0.3) is 0 Å². The van der Waals surface area contributed by atoms with Crippen molar-refractivity contribution in [1.29, 1.82) is 5.26 Å². The summed E-state index contributed by atoms with van der Waals surface area (Å²) in [5.41, 5.74) is -0.410. The third-order valence-corrected chi connectivity index (χ3v) is 3.37. The number of hydrogen-bond acceptors (Lipinski definition) is 5. The highest BCUT2D eigenvalue weighted by atomic mass is 32.2. The molecular weight excluding hydrogens is 232 g/mol. The van der Waals surface area contributed by atoms with Crippen LogP contribution in [-0.2, 0) is 0 Å². The van der Waals surface area contributed by atoms with E-state index in [0.29, 0.717) is 0 Å². The molecule has 17 heavy (non-hydrogen) atoms. The molecule has 0 saturated carbocycles. The summed E-state index contributed by atoms with van der Waals surface area (Å²) >= 11 is 1.63. The molecule has 92 valence electrons. The first-order valence-corrected chi connectivity index (χ1v) is 6.75. The van der Waals surface area contributed by atoms with E-state index in [-0.39, 0.29) is 0 Å². The van der Waals surface area contributed by atoms with Gasteiger partial charge in [0.15, 0.2) is 5.16 Å². The minimum Gasteiger partial charge on any atom is -0.300 e. The summed E-state index contributed by atoms with van der Waals surface area (Å²) in [5, 5.41) is 13.1. The summed E-state index contributed by atoms with van der Waals surface area (Å²) < 4.78 is 0. The van der Waals surface area contributed by atoms with Crippen molar-refractivity contribution in [3.63, 3.8) is 0 Å². The van der Waals surface area contributed by atoms with Crippen LogP contribution in [0.1, 0.15) is 26.7 Å². The minimum absolute atomic E-state index is 0.410. The zero-order valence-corrected chi connectivity index (χ0v) is 11.1. The minimum atomic E-state index is -0.410. The molecule has 0 radical (unpaired) electrons. The molecule has 0 fully saturated rings. The van der Waals surface area contributed by atoms with Gasteiger partial charge in [0, 0.05) is 18.1 Å². The highest BCUT2D eigenvalue weighted by Crippen LogP contribution is 2.17. The molecule has 0 bridgehead atoms. The maximum Gasteiger partial charge on any atom is 0.187 e. The molecule has 1 unspecified atom stereocenters. The van der Waals surface area contributed by atoms with E-state index in [4.69, 9.17) is 5.26 Å². The second kappa shape index (κ2) is 7.25. The van der Waals surface area contributed by atoms with Gasteiger partial charge in [0.05, 0.1) is 6.07 Å². The van der Waals surface area contributed by atoms with Crippen molar-refractivity contribution in [1.82, 2.24) is 15.3 Å². The summed E-state index contributed by atoms with van der Waals surface area (Å²) in [4.78, 5) is 8.28. The molecule has 0 saturated heterocycles. The van der Waals surface area contributed by atoms with Crippen LogP contribution in [0.5, 0.6) is 0 Å². The van der Waals surface area contributed by atoms with E-state index < -0.39 is 5.54 Å². The van der Waals surface area contributed by atoms with E-state index in [2.05, 4.69) is 21.4 Å². The topological polar surface area (TPSA) is 61.6 Å². The Hall–Kier alpha value is -1.12. The summed E-state index contributed by atoms with van der Waals surface area (Å²) in [6.07, 6.45) is 5.30. The molecule has 0 aliphatic rings. The highest BCUT2D eigenvalue weighted by Gasteiger charge is 2.21. The fourth-order valence-electron chi connectivity index (χ4n) is 1.52. The van der Waals surface area contributed by atoms with Gasteiger partial charge in [0.2, 0.25) is 0 Å². The molecule has 0 amide bonds. The third-order valence-electron chi connectivity index (χ3n) is 2.41. The largest absolute Gasteiger partial charge is 0.300 e. The Balaban J connectivity index is 2.26. The predicted molar refractivity (Wildman–Crippen MR) is 69.7 cm³/mol. The number of nitrogens with one attached hydrogen (secondary N) is 1. The summed E-state index contributed by atoms with van der Waals surface area (Å²) in [6.45, 7) is 4.78. The van der Waals surface area contributed by atoms with Gasteiger partial charge < -0.3 is 0 Å². The molecule has 1 N–H and O–H groups in total. The standard InChI is InChI=1S/C12H18N4S/c1-3-16-12(2,10-13)6-4-9-17-11-14-7-5-8-15-11/h5,7-8,16H,3-4,6,9H2,1-2H3.